The van der Waals surface area contributed by atoms with Crippen LogP contribution in [0.3, 0.4) is 0 Å². The summed E-state index contributed by atoms with van der Waals surface area (Å²) in [4.78, 5) is 1.28. The van der Waals surface area contributed by atoms with Crippen LogP contribution in [0.25, 0.3) is 0 Å². The second kappa shape index (κ2) is 7.05. The van der Waals surface area contributed by atoms with Gasteiger partial charge in [0.05, 0.1) is 0 Å². The predicted molar refractivity (Wildman–Crippen MR) is 78.6 cm³/mol. The van der Waals surface area contributed by atoms with Gasteiger partial charge in [-0.05, 0) is 31.5 Å². The first-order chi connectivity index (χ1) is 8.85. The highest BCUT2D eigenvalue weighted by molar-refractivity contribution is 7.99. The van der Waals surface area contributed by atoms with E-state index in [9.17, 15) is 0 Å². The van der Waals surface area contributed by atoms with Crippen LogP contribution < -0.4 is 10.1 Å². The molecule has 0 radical (unpaired) electrons. The van der Waals surface area contributed by atoms with E-state index >= 15 is 0 Å². The zero-order valence-corrected chi connectivity index (χ0v) is 12.1. The number of benzene rings is 1. The smallest absolute Gasteiger partial charge is 0.133 e. The van der Waals surface area contributed by atoms with E-state index in [4.69, 9.17) is 4.74 Å². The molecule has 0 spiro atoms. The molecule has 0 bridgehead atoms. The first kappa shape index (κ1) is 13.8. The molecule has 0 aromatic heterocycles. The summed E-state index contributed by atoms with van der Waals surface area (Å²) in [5, 5.41) is 3.63. The lowest BCUT2D eigenvalue weighted by molar-refractivity contribution is 0.160. The normalized spacial score (nSPS) is 20.0. The number of nitrogens with one attached hydrogen (secondary N) is 1. The van der Waals surface area contributed by atoms with Gasteiger partial charge >= 0.3 is 0 Å². The number of para-hydroxylation sites is 1. The molecule has 0 amide bonds. The monoisotopic (exact) mass is 265 g/mol. The van der Waals surface area contributed by atoms with Crippen molar-refractivity contribution in [2.75, 3.05) is 12.3 Å². The summed E-state index contributed by atoms with van der Waals surface area (Å²) in [5.41, 5.74) is 0. The fourth-order valence-electron chi connectivity index (χ4n) is 2.29. The molecule has 0 saturated carbocycles. The van der Waals surface area contributed by atoms with Crippen molar-refractivity contribution in [1.29, 1.82) is 0 Å². The summed E-state index contributed by atoms with van der Waals surface area (Å²) in [6, 6.07) is 8.84. The van der Waals surface area contributed by atoms with Crippen LogP contribution in [0, 0.1) is 0 Å². The Bertz CT molecular complexity index is 369. The Hall–Kier alpha value is -0.670. The van der Waals surface area contributed by atoms with Crippen LogP contribution in [0.4, 0.5) is 0 Å². The van der Waals surface area contributed by atoms with E-state index in [0.29, 0.717) is 12.1 Å². The number of thioether (sulfide) groups is 1. The molecule has 1 N–H and O–H groups in total. The highest BCUT2D eigenvalue weighted by Gasteiger charge is 2.26. The van der Waals surface area contributed by atoms with Gasteiger partial charge in [-0.3, -0.25) is 0 Å². The maximum Gasteiger partial charge on any atom is 0.133 e. The quantitative estimate of drug-likeness (QED) is 0.847. The summed E-state index contributed by atoms with van der Waals surface area (Å²) in [6.45, 7) is 5.53. The molecular formula is C15H23NOS. The van der Waals surface area contributed by atoms with Gasteiger partial charge < -0.3 is 10.1 Å². The van der Waals surface area contributed by atoms with Gasteiger partial charge in [-0.25, -0.2) is 0 Å². The third kappa shape index (κ3) is 3.42. The third-order valence-corrected chi connectivity index (χ3v) is 4.38. The van der Waals surface area contributed by atoms with Crippen molar-refractivity contribution >= 4 is 11.8 Å². The second-order valence-corrected chi connectivity index (χ2v) is 5.83. The fourth-order valence-corrected chi connectivity index (χ4v) is 3.37. The molecular weight excluding hydrogens is 242 g/mol. The molecule has 0 fully saturated rings. The van der Waals surface area contributed by atoms with Crippen LogP contribution in [0.15, 0.2) is 29.2 Å². The minimum atomic E-state index is 0.302. The average molecular weight is 265 g/mol. The van der Waals surface area contributed by atoms with Gasteiger partial charge in [0, 0.05) is 16.7 Å². The van der Waals surface area contributed by atoms with Crippen molar-refractivity contribution in [2.24, 2.45) is 0 Å². The predicted octanol–water partition coefficient (Wildman–Crippen LogP) is 3.71. The zero-order chi connectivity index (χ0) is 12.8. The lowest BCUT2D eigenvalue weighted by atomic mass is 10.1. The number of fused-ring (bicyclic) bond motifs is 1. The Kier molecular flexibility index (Phi) is 5.39. The molecule has 100 valence electrons. The van der Waals surface area contributed by atoms with Gasteiger partial charge in [0.15, 0.2) is 0 Å². The van der Waals surface area contributed by atoms with Crippen LogP contribution in [0.1, 0.15) is 33.1 Å². The van der Waals surface area contributed by atoms with Crippen molar-refractivity contribution in [3.8, 4) is 5.75 Å². The SMILES string of the molecule is CCCNC(CCC)C1CSc2ccccc2O1. The second-order valence-electron chi connectivity index (χ2n) is 4.76. The molecule has 1 aromatic carbocycles. The highest BCUT2D eigenvalue weighted by Crippen LogP contribution is 2.36. The van der Waals surface area contributed by atoms with Crippen LogP contribution in [0.2, 0.25) is 0 Å². The lowest BCUT2D eigenvalue weighted by Gasteiger charge is -2.32. The van der Waals surface area contributed by atoms with Crippen molar-refractivity contribution < 1.29 is 4.74 Å². The molecule has 0 saturated heterocycles. The van der Waals surface area contributed by atoms with E-state index in [-0.39, 0.29) is 0 Å². The average Bonchev–Trinajstić information content (AvgIpc) is 2.43. The Morgan fingerprint density at radius 3 is 2.94 bits per heavy atom. The fraction of sp³-hybridized carbons (Fsp3) is 0.600. The lowest BCUT2D eigenvalue weighted by Crippen LogP contribution is -2.45. The first-order valence-electron chi connectivity index (χ1n) is 6.97. The summed E-state index contributed by atoms with van der Waals surface area (Å²) in [5.74, 6) is 2.11. The largest absolute Gasteiger partial charge is 0.487 e. The summed E-state index contributed by atoms with van der Waals surface area (Å²) in [7, 11) is 0. The summed E-state index contributed by atoms with van der Waals surface area (Å²) >= 11 is 1.92. The standard InChI is InChI=1S/C15H23NOS/c1-3-7-12(16-10-4-2)14-11-18-15-9-6-5-8-13(15)17-14/h5-6,8-9,12,14,16H,3-4,7,10-11H2,1-2H3. The molecule has 0 aliphatic carbocycles. The maximum absolute atomic E-state index is 6.16. The third-order valence-electron chi connectivity index (χ3n) is 3.24. The van der Waals surface area contributed by atoms with Gasteiger partial charge in [-0.2, -0.15) is 0 Å². The van der Waals surface area contributed by atoms with Gasteiger partial charge in [0.1, 0.15) is 11.9 Å². The molecule has 2 unspecified atom stereocenters. The molecule has 1 heterocycles. The van der Waals surface area contributed by atoms with Gasteiger partial charge in [0.2, 0.25) is 0 Å². The Labute approximate surface area is 114 Å². The summed E-state index contributed by atoms with van der Waals surface area (Å²) < 4.78 is 6.16. The van der Waals surface area contributed by atoms with Crippen molar-refractivity contribution in [2.45, 2.75) is 50.2 Å². The van der Waals surface area contributed by atoms with Crippen LogP contribution in [-0.2, 0) is 0 Å². The number of hydrogen-bond acceptors (Lipinski definition) is 3. The van der Waals surface area contributed by atoms with E-state index in [1.807, 2.05) is 11.8 Å². The summed E-state index contributed by atoms with van der Waals surface area (Å²) in [6.07, 6.45) is 3.87. The van der Waals surface area contributed by atoms with E-state index in [2.05, 4.69) is 43.4 Å². The Balaban J connectivity index is 2.00. The molecule has 1 aliphatic heterocycles. The molecule has 1 aliphatic rings. The molecule has 1 aromatic rings. The highest BCUT2D eigenvalue weighted by atomic mass is 32.2. The number of hydrogen-bond donors (Lipinski definition) is 1. The molecule has 2 atom stereocenters. The van der Waals surface area contributed by atoms with Crippen molar-refractivity contribution in [3.63, 3.8) is 0 Å². The maximum atomic E-state index is 6.16. The van der Waals surface area contributed by atoms with E-state index in [1.165, 1.54) is 24.2 Å². The van der Waals surface area contributed by atoms with Gasteiger partial charge in [0.25, 0.3) is 0 Å². The van der Waals surface area contributed by atoms with Crippen LogP contribution in [0.5, 0.6) is 5.75 Å². The molecule has 2 nitrogen and oxygen atoms in total. The molecule has 3 heteroatoms. The van der Waals surface area contributed by atoms with E-state index in [1.54, 1.807) is 0 Å². The minimum absolute atomic E-state index is 0.302. The van der Waals surface area contributed by atoms with Crippen LogP contribution in [-0.4, -0.2) is 24.4 Å². The minimum Gasteiger partial charge on any atom is -0.487 e. The number of rotatable bonds is 6. The topological polar surface area (TPSA) is 21.3 Å². The zero-order valence-electron chi connectivity index (χ0n) is 11.3. The number of ether oxygens (including phenoxy) is 1. The van der Waals surface area contributed by atoms with Gasteiger partial charge in [-0.15, -0.1) is 11.8 Å². The van der Waals surface area contributed by atoms with E-state index < -0.39 is 0 Å². The van der Waals surface area contributed by atoms with E-state index in [0.717, 1.165) is 18.0 Å². The Morgan fingerprint density at radius 2 is 2.17 bits per heavy atom. The first-order valence-corrected chi connectivity index (χ1v) is 7.95. The van der Waals surface area contributed by atoms with Crippen LogP contribution >= 0.6 is 11.8 Å². The molecule has 2 rings (SSSR count). The van der Waals surface area contributed by atoms with Crippen molar-refractivity contribution in [3.05, 3.63) is 24.3 Å². The Morgan fingerprint density at radius 1 is 1.33 bits per heavy atom. The van der Waals surface area contributed by atoms with Gasteiger partial charge in [-0.1, -0.05) is 32.4 Å². The molecule has 18 heavy (non-hydrogen) atoms. The van der Waals surface area contributed by atoms with Crippen molar-refractivity contribution in [1.82, 2.24) is 5.32 Å².